The van der Waals surface area contributed by atoms with Gasteiger partial charge in [-0.2, -0.15) is 0 Å². The highest BCUT2D eigenvalue weighted by Crippen LogP contribution is 2.31. The van der Waals surface area contributed by atoms with Crippen LogP contribution in [0.25, 0.3) is 32.7 Å². The van der Waals surface area contributed by atoms with Crippen molar-refractivity contribution in [3.8, 4) is 0 Å². The fourth-order valence-corrected chi connectivity index (χ4v) is 3.51. The van der Waals surface area contributed by atoms with Gasteiger partial charge in [0.2, 0.25) is 0 Å². The van der Waals surface area contributed by atoms with E-state index in [0.29, 0.717) is 0 Å². The summed E-state index contributed by atoms with van der Waals surface area (Å²) >= 11 is 0. The number of nitrogens with one attached hydrogen (secondary N) is 1. The van der Waals surface area contributed by atoms with Crippen LogP contribution in [0.4, 0.5) is 0 Å². The minimum Gasteiger partial charge on any atom is -0.354 e. The van der Waals surface area contributed by atoms with Gasteiger partial charge in [-0.3, -0.25) is 0 Å². The van der Waals surface area contributed by atoms with E-state index in [-0.39, 0.29) is 0 Å². The first kappa shape index (κ1) is 12.5. The zero-order valence-electron chi connectivity index (χ0n) is 12.7. The van der Waals surface area contributed by atoms with Gasteiger partial charge in [0, 0.05) is 34.4 Å². The van der Waals surface area contributed by atoms with Crippen LogP contribution in [0.5, 0.6) is 0 Å². The van der Waals surface area contributed by atoms with E-state index in [2.05, 4.69) is 88.5 Å². The van der Waals surface area contributed by atoms with Crippen LogP contribution in [0.2, 0.25) is 0 Å². The highest BCUT2D eigenvalue weighted by atomic mass is 15.0. The molecule has 0 saturated carbocycles. The monoisotopic (exact) mass is 296 g/mol. The summed E-state index contributed by atoms with van der Waals surface area (Å²) in [5, 5.41) is 3.88. The van der Waals surface area contributed by atoms with Crippen LogP contribution in [0.15, 0.2) is 79.0 Å². The number of hydrogen-bond donors (Lipinski definition) is 1. The van der Waals surface area contributed by atoms with Gasteiger partial charge in [0.1, 0.15) is 0 Å². The van der Waals surface area contributed by atoms with E-state index in [0.717, 1.165) is 6.54 Å². The summed E-state index contributed by atoms with van der Waals surface area (Å²) in [6, 6.07) is 25.8. The lowest BCUT2D eigenvalue weighted by Crippen LogP contribution is -1.97. The average molecular weight is 296 g/mol. The van der Waals surface area contributed by atoms with Crippen LogP contribution in [0, 0.1) is 0 Å². The Morgan fingerprint density at radius 3 is 2.43 bits per heavy atom. The standard InChI is InChI=1S/C21H16N2/c1-2-6-15(7-3-1)14-23-13-12-18-20(23)11-10-17-16-8-4-5-9-19(16)22-21(17)18/h1-13,22H,14H2. The zero-order chi connectivity index (χ0) is 15.2. The lowest BCUT2D eigenvalue weighted by atomic mass is 10.1. The normalized spacial score (nSPS) is 11.7. The Kier molecular flexibility index (Phi) is 2.59. The van der Waals surface area contributed by atoms with Crippen LogP contribution in [-0.4, -0.2) is 9.55 Å². The summed E-state index contributed by atoms with van der Waals surface area (Å²) in [6.45, 7) is 0.899. The van der Waals surface area contributed by atoms with Gasteiger partial charge in [-0.1, -0.05) is 54.6 Å². The van der Waals surface area contributed by atoms with Gasteiger partial charge < -0.3 is 9.55 Å². The molecule has 1 N–H and O–H groups in total. The molecular formula is C21H16N2. The number of para-hydroxylation sites is 1. The van der Waals surface area contributed by atoms with Gasteiger partial charge in [-0.25, -0.2) is 0 Å². The highest BCUT2D eigenvalue weighted by Gasteiger charge is 2.10. The first-order chi connectivity index (χ1) is 11.4. The van der Waals surface area contributed by atoms with Crippen molar-refractivity contribution < 1.29 is 0 Å². The second-order valence-electron chi connectivity index (χ2n) is 6.02. The Morgan fingerprint density at radius 1 is 0.696 bits per heavy atom. The number of aromatic amines is 1. The summed E-state index contributed by atoms with van der Waals surface area (Å²) in [7, 11) is 0. The summed E-state index contributed by atoms with van der Waals surface area (Å²) in [6.07, 6.45) is 2.18. The second kappa shape index (κ2) is 4.75. The third-order valence-electron chi connectivity index (χ3n) is 4.63. The number of fused-ring (bicyclic) bond motifs is 5. The van der Waals surface area contributed by atoms with Gasteiger partial charge in [-0.05, 0) is 23.8 Å². The summed E-state index contributed by atoms with van der Waals surface area (Å²) in [4.78, 5) is 3.58. The summed E-state index contributed by atoms with van der Waals surface area (Å²) < 4.78 is 2.32. The molecule has 0 unspecified atom stereocenters. The van der Waals surface area contributed by atoms with Crippen molar-refractivity contribution in [3.63, 3.8) is 0 Å². The van der Waals surface area contributed by atoms with Crippen molar-refractivity contribution in [2.75, 3.05) is 0 Å². The Bertz CT molecular complexity index is 1130. The maximum absolute atomic E-state index is 3.58. The molecule has 0 aliphatic carbocycles. The Balaban J connectivity index is 1.73. The molecule has 2 heteroatoms. The van der Waals surface area contributed by atoms with Crippen LogP contribution >= 0.6 is 0 Å². The van der Waals surface area contributed by atoms with Crippen LogP contribution in [-0.2, 0) is 6.54 Å². The van der Waals surface area contributed by atoms with Crippen LogP contribution < -0.4 is 0 Å². The fourth-order valence-electron chi connectivity index (χ4n) is 3.51. The molecule has 0 bridgehead atoms. The van der Waals surface area contributed by atoms with Gasteiger partial charge in [-0.15, -0.1) is 0 Å². The third kappa shape index (κ3) is 1.88. The van der Waals surface area contributed by atoms with Crippen molar-refractivity contribution >= 4 is 32.7 Å². The van der Waals surface area contributed by atoms with E-state index in [1.807, 2.05) is 0 Å². The average Bonchev–Trinajstić information content (AvgIpc) is 3.17. The molecule has 5 rings (SSSR count). The second-order valence-corrected chi connectivity index (χ2v) is 6.02. The van der Waals surface area contributed by atoms with Crippen molar-refractivity contribution in [1.82, 2.24) is 9.55 Å². The molecule has 2 aromatic heterocycles. The summed E-state index contributed by atoms with van der Waals surface area (Å²) in [5.74, 6) is 0. The molecule has 110 valence electrons. The zero-order valence-corrected chi connectivity index (χ0v) is 12.7. The third-order valence-corrected chi connectivity index (χ3v) is 4.63. The van der Waals surface area contributed by atoms with Gasteiger partial charge in [0.05, 0.1) is 11.0 Å². The van der Waals surface area contributed by atoms with E-state index >= 15 is 0 Å². The van der Waals surface area contributed by atoms with E-state index < -0.39 is 0 Å². The Morgan fingerprint density at radius 2 is 1.52 bits per heavy atom. The SMILES string of the molecule is c1ccc(Cn2ccc3c4[nH]c5ccccc5c4ccc32)cc1. The molecule has 3 aromatic carbocycles. The quantitative estimate of drug-likeness (QED) is 0.455. The van der Waals surface area contributed by atoms with Crippen molar-refractivity contribution in [1.29, 1.82) is 0 Å². The van der Waals surface area contributed by atoms with Gasteiger partial charge in [0.25, 0.3) is 0 Å². The number of benzene rings is 3. The number of aromatic nitrogens is 2. The van der Waals surface area contributed by atoms with E-state index in [1.54, 1.807) is 0 Å². The Hall–Kier alpha value is -3.00. The molecule has 0 saturated heterocycles. The maximum atomic E-state index is 3.58. The lowest BCUT2D eigenvalue weighted by Gasteiger charge is -2.06. The molecule has 23 heavy (non-hydrogen) atoms. The van der Waals surface area contributed by atoms with Crippen LogP contribution in [0.3, 0.4) is 0 Å². The molecule has 2 nitrogen and oxygen atoms in total. The van der Waals surface area contributed by atoms with Crippen molar-refractivity contribution in [2.45, 2.75) is 6.54 Å². The smallest absolute Gasteiger partial charge is 0.0560 e. The molecule has 0 aliphatic heterocycles. The minimum absolute atomic E-state index is 0.899. The molecule has 0 aliphatic rings. The number of H-pyrrole nitrogens is 1. The lowest BCUT2D eigenvalue weighted by molar-refractivity contribution is 0.837. The molecule has 0 atom stereocenters. The summed E-state index contributed by atoms with van der Waals surface area (Å²) in [5.41, 5.74) is 5.02. The van der Waals surface area contributed by atoms with Gasteiger partial charge >= 0.3 is 0 Å². The molecule has 0 fully saturated rings. The molecule has 0 radical (unpaired) electrons. The van der Waals surface area contributed by atoms with Crippen molar-refractivity contribution in [3.05, 3.63) is 84.6 Å². The number of nitrogens with zero attached hydrogens (tertiary/aromatic N) is 1. The first-order valence-corrected chi connectivity index (χ1v) is 7.92. The number of hydrogen-bond acceptors (Lipinski definition) is 0. The molecule has 0 spiro atoms. The van der Waals surface area contributed by atoms with Gasteiger partial charge in [0.15, 0.2) is 0 Å². The number of rotatable bonds is 2. The predicted molar refractivity (Wildman–Crippen MR) is 96.8 cm³/mol. The molecule has 0 amide bonds. The fraction of sp³-hybridized carbons (Fsp3) is 0.0476. The highest BCUT2D eigenvalue weighted by molar-refractivity contribution is 6.16. The maximum Gasteiger partial charge on any atom is 0.0560 e. The largest absolute Gasteiger partial charge is 0.354 e. The van der Waals surface area contributed by atoms with Crippen molar-refractivity contribution in [2.24, 2.45) is 0 Å². The minimum atomic E-state index is 0.899. The van der Waals surface area contributed by atoms with E-state index in [4.69, 9.17) is 0 Å². The predicted octanol–water partition coefficient (Wildman–Crippen LogP) is 5.32. The topological polar surface area (TPSA) is 20.7 Å². The molecular weight excluding hydrogens is 280 g/mol. The van der Waals surface area contributed by atoms with E-state index in [1.165, 1.54) is 38.3 Å². The molecule has 2 heterocycles. The Labute approximate surface area is 134 Å². The first-order valence-electron chi connectivity index (χ1n) is 7.92. The van der Waals surface area contributed by atoms with E-state index in [9.17, 15) is 0 Å². The van der Waals surface area contributed by atoms with Crippen LogP contribution in [0.1, 0.15) is 5.56 Å². The molecule has 5 aromatic rings.